The van der Waals surface area contributed by atoms with E-state index in [-0.39, 0.29) is 11.7 Å². The molecule has 2 fully saturated rings. The van der Waals surface area contributed by atoms with Crippen LogP contribution in [0.3, 0.4) is 0 Å². The summed E-state index contributed by atoms with van der Waals surface area (Å²) < 4.78 is 12.8. The molecule has 19 heavy (non-hydrogen) atoms. The first-order valence-corrected chi connectivity index (χ1v) is 7.72. The molecule has 3 atom stereocenters. The van der Waals surface area contributed by atoms with Crippen molar-refractivity contribution in [3.8, 4) is 5.75 Å². The third-order valence-corrected chi connectivity index (χ3v) is 5.29. The summed E-state index contributed by atoms with van der Waals surface area (Å²) in [5, 5.41) is 0. The Morgan fingerprint density at radius 3 is 2.74 bits per heavy atom. The lowest BCUT2D eigenvalue weighted by molar-refractivity contribution is -0.153. The summed E-state index contributed by atoms with van der Waals surface area (Å²) in [5.41, 5.74) is 1.34. The molecule has 2 heterocycles. The minimum atomic E-state index is 0.0686. The zero-order valence-corrected chi connectivity index (χ0v) is 11.6. The van der Waals surface area contributed by atoms with E-state index in [1.807, 2.05) is 0 Å². The van der Waals surface area contributed by atoms with Gasteiger partial charge < -0.3 is 9.47 Å². The average Bonchev–Trinajstić information content (AvgIpc) is 2.88. The Hall–Kier alpha value is -1.02. The van der Waals surface area contributed by atoms with Crippen molar-refractivity contribution < 1.29 is 9.47 Å². The fourth-order valence-electron chi connectivity index (χ4n) is 4.36. The maximum atomic E-state index is 6.51. The van der Waals surface area contributed by atoms with Gasteiger partial charge in [-0.15, -0.1) is 0 Å². The van der Waals surface area contributed by atoms with E-state index in [9.17, 15) is 0 Å². The highest BCUT2D eigenvalue weighted by Crippen LogP contribution is 2.55. The second-order valence-electron chi connectivity index (χ2n) is 6.46. The van der Waals surface area contributed by atoms with Crippen molar-refractivity contribution in [2.24, 2.45) is 5.92 Å². The predicted molar refractivity (Wildman–Crippen MR) is 74.3 cm³/mol. The lowest BCUT2D eigenvalue weighted by atomic mass is 9.72. The number of hydrogen-bond donors (Lipinski definition) is 0. The molecule has 0 amide bonds. The summed E-state index contributed by atoms with van der Waals surface area (Å²) in [6.07, 6.45) is 8.09. The monoisotopic (exact) mass is 258 g/mol. The summed E-state index contributed by atoms with van der Waals surface area (Å²) in [6, 6.07) is 8.49. The van der Waals surface area contributed by atoms with Gasteiger partial charge in [0.25, 0.3) is 0 Å². The molecule has 1 aromatic rings. The molecule has 0 radical (unpaired) electrons. The topological polar surface area (TPSA) is 18.5 Å². The van der Waals surface area contributed by atoms with E-state index in [1.165, 1.54) is 44.1 Å². The number of fused-ring (bicyclic) bond motifs is 4. The number of rotatable bonds is 0. The largest absolute Gasteiger partial charge is 0.486 e. The first kappa shape index (κ1) is 11.8. The van der Waals surface area contributed by atoms with Gasteiger partial charge in [0.05, 0.1) is 12.2 Å². The van der Waals surface area contributed by atoms with Crippen LogP contribution in [0.4, 0.5) is 0 Å². The Balaban J connectivity index is 1.80. The van der Waals surface area contributed by atoms with Crippen LogP contribution in [0.25, 0.3) is 0 Å². The Morgan fingerprint density at radius 1 is 1.11 bits per heavy atom. The summed E-state index contributed by atoms with van der Waals surface area (Å²) >= 11 is 0. The second-order valence-corrected chi connectivity index (χ2v) is 6.46. The van der Waals surface area contributed by atoms with Gasteiger partial charge in [-0.3, -0.25) is 0 Å². The zero-order chi connectivity index (χ0) is 12.9. The van der Waals surface area contributed by atoms with Crippen LogP contribution in [0.5, 0.6) is 5.75 Å². The molecule has 0 unspecified atom stereocenters. The molecule has 3 aliphatic rings. The third kappa shape index (κ3) is 1.73. The summed E-state index contributed by atoms with van der Waals surface area (Å²) in [7, 11) is 0. The first-order chi connectivity index (χ1) is 9.28. The molecular formula is C17H22O2. The van der Waals surface area contributed by atoms with Gasteiger partial charge in [-0.1, -0.05) is 18.2 Å². The Morgan fingerprint density at radius 2 is 1.89 bits per heavy atom. The van der Waals surface area contributed by atoms with E-state index in [1.54, 1.807) is 0 Å². The Kier molecular flexibility index (Phi) is 2.63. The molecule has 102 valence electrons. The van der Waals surface area contributed by atoms with Crippen LogP contribution < -0.4 is 4.74 Å². The quantitative estimate of drug-likeness (QED) is 0.692. The molecule has 1 aromatic carbocycles. The van der Waals surface area contributed by atoms with Crippen molar-refractivity contribution in [1.82, 2.24) is 0 Å². The fraction of sp³-hybridized carbons (Fsp3) is 0.647. The predicted octanol–water partition coefficient (Wildman–Crippen LogP) is 4.25. The van der Waals surface area contributed by atoms with Gasteiger partial charge in [0, 0.05) is 11.5 Å². The molecule has 0 aromatic heterocycles. The number of para-hydroxylation sites is 1. The molecule has 2 heteroatoms. The normalized spacial score (nSPS) is 35.5. The van der Waals surface area contributed by atoms with Gasteiger partial charge in [0.2, 0.25) is 0 Å². The Labute approximate surface area is 115 Å². The zero-order valence-electron chi connectivity index (χ0n) is 11.6. The van der Waals surface area contributed by atoms with E-state index in [2.05, 4.69) is 31.2 Å². The van der Waals surface area contributed by atoms with Crippen LogP contribution in [-0.2, 0) is 4.74 Å². The van der Waals surface area contributed by atoms with Crippen LogP contribution in [0.15, 0.2) is 24.3 Å². The minimum absolute atomic E-state index is 0.0686. The lowest BCUT2D eigenvalue weighted by Crippen LogP contribution is -2.50. The van der Waals surface area contributed by atoms with Gasteiger partial charge in [-0.25, -0.2) is 0 Å². The molecule has 4 rings (SSSR count). The highest BCUT2D eigenvalue weighted by Gasteiger charge is 2.53. The van der Waals surface area contributed by atoms with E-state index in [4.69, 9.17) is 9.47 Å². The van der Waals surface area contributed by atoms with Crippen LogP contribution in [0.2, 0.25) is 0 Å². The molecule has 0 bridgehead atoms. The van der Waals surface area contributed by atoms with E-state index in [0.717, 1.165) is 5.75 Å². The molecule has 2 nitrogen and oxygen atoms in total. The van der Waals surface area contributed by atoms with Crippen molar-refractivity contribution in [2.45, 2.75) is 63.3 Å². The number of benzene rings is 1. The average molecular weight is 258 g/mol. The van der Waals surface area contributed by atoms with Crippen LogP contribution >= 0.6 is 0 Å². The van der Waals surface area contributed by atoms with Crippen molar-refractivity contribution in [1.29, 1.82) is 0 Å². The number of hydrogen-bond acceptors (Lipinski definition) is 2. The molecule has 1 saturated carbocycles. The standard InChI is InChI=1S/C17H22O2/c1-12-8-9-14-16(18-12)13-6-2-3-7-15(13)19-17(14)10-4-5-11-17/h2-3,6-7,12,14,16H,4-5,8-11H2,1H3/t12-,14+,16+/m1/s1. The van der Waals surface area contributed by atoms with E-state index < -0.39 is 0 Å². The van der Waals surface area contributed by atoms with Crippen molar-refractivity contribution in [3.05, 3.63) is 29.8 Å². The highest BCUT2D eigenvalue weighted by atomic mass is 16.5. The second kappa shape index (κ2) is 4.24. The van der Waals surface area contributed by atoms with Gasteiger partial charge in [-0.05, 0) is 51.5 Å². The van der Waals surface area contributed by atoms with Gasteiger partial charge in [0.1, 0.15) is 11.4 Å². The molecule has 2 aliphatic heterocycles. The summed E-state index contributed by atoms with van der Waals surface area (Å²) in [4.78, 5) is 0. The molecule has 1 aliphatic carbocycles. The van der Waals surface area contributed by atoms with E-state index >= 15 is 0 Å². The maximum absolute atomic E-state index is 6.51. The van der Waals surface area contributed by atoms with Crippen molar-refractivity contribution in [3.63, 3.8) is 0 Å². The SMILES string of the molecule is C[C@@H]1CC[C@H]2[C@@H](O1)c1ccccc1OC21CCCC1. The van der Waals surface area contributed by atoms with Crippen LogP contribution in [0.1, 0.15) is 57.1 Å². The van der Waals surface area contributed by atoms with Crippen LogP contribution in [-0.4, -0.2) is 11.7 Å². The molecule has 1 saturated heterocycles. The van der Waals surface area contributed by atoms with E-state index in [0.29, 0.717) is 12.0 Å². The van der Waals surface area contributed by atoms with Gasteiger partial charge in [0.15, 0.2) is 0 Å². The first-order valence-electron chi connectivity index (χ1n) is 7.72. The lowest BCUT2D eigenvalue weighted by Gasteiger charge is -2.50. The molecule has 1 spiro atoms. The van der Waals surface area contributed by atoms with Crippen molar-refractivity contribution >= 4 is 0 Å². The summed E-state index contributed by atoms with van der Waals surface area (Å²) in [6.45, 7) is 2.20. The summed E-state index contributed by atoms with van der Waals surface area (Å²) in [5.74, 6) is 1.63. The molecule has 0 N–H and O–H groups in total. The fourth-order valence-corrected chi connectivity index (χ4v) is 4.36. The maximum Gasteiger partial charge on any atom is 0.125 e. The minimum Gasteiger partial charge on any atom is -0.486 e. The highest BCUT2D eigenvalue weighted by molar-refractivity contribution is 5.39. The van der Waals surface area contributed by atoms with Gasteiger partial charge >= 0.3 is 0 Å². The molecular weight excluding hydrogens is 236 g/mol. The smallest absolute Gasteiger partial charge is 0.125 e. The Bertz CT molecular complexity index is 476. The third-order valence-electron chi connectivity index (χ3n) is 5.29. The number of ether oxygens (including phenoxy) is 2. The van der Waals surface area contributed by atoms with Crippen molar-refractivity contribution in [2.75, 3.05) is 0 Å². The van der Waals surface area contributed by atoms with Gasteiger partial charge in [-0.2, -0.15) is 0 Å². The van der Waals surface area contributed by atoms with Crippen LogP contribution in [0, 0.1) is 5.92 Å².